The molecule has 1 aromatic carbocycles. The number of carbonyl (C=O) groups is 1. The third-order valence-electron chi connectivity index (χ3n) is 4.34. The zero-order valence-corrected chi connectivity index (χ0v) is 15.0. The molecule has 0 bridgehead atoms. The Bertz CT molecular complexity index is 1080. The number of nitrogens with zero attached hydrogens (tertiary/aromatic N) is 3. The summed E-state index contributed by atoms with van der Waals surface area (Å²) in [6.07, 6.45) is 5.03. The highest BCUT2D eigenvalue weighted by Crippen LogP contribution is 2.28. The van der Waals surface area contributed by atoms with Gasteiger partial charge < -0.3 is 14.5 Å². The molecular formula is C20H20N4O3. The molecule has 0 aliphatic carbocycles. The van der Waals surface area contributed by atoms with Crippen LogP contribution in [0.4, 0.5) is 0 Å². The van der Waals surface area contributed by atoms with Crippen molar-refractivity contribution in [3.05, 3.63) is 60.2 Å². The third kappa shape index (κ3) is 3.48. The molecule has 0 saturated carbocycles. The lowest BCUT2D eigenvalue weighted by atomic mass is 10.1. The van der Waals surface area contributed by atoms with Crippen molar-refractivity contribution in [3.8, 4) is 5.75 Å². The van der Waals surface area contributed by atoms with E-state index in [4.69, 9.17) is 9.15 Å². The summed E-state index contributed by atoms with van der Waals surface area (Å²) in [7, 11) is 0. The van der Waals surface area contributed by atoms with Gasteiger partial charge in [-0.15, -0.1) is 10.2 Å². The molecule has 0 aliphatic rings. The summed E-state index contributed by atoms with van der Waals surface area (Å²) in [5.74, 6) is 1.39. The molecule has 7 nitrogen and oxygen atoms in total. The van der Waals surface area contributed by atoms with Crippen LogP contribution in [0.2, 0.25) is 0 Å². The summed E-state index contributed by atoms with van der Waals surface area (Å²) >= 11 is 0. The first-order chi connectivity index (χ1) is 13.3. The van der Waals surface area contributed by atoms with Gasteiger partial charge in [-0.1, -0.05) is 6.07 Å². The van der Waals surface area contributed by atoms with Gasteiger partial charge in [0, 0.05) is 24.7 Å². The van der Waals surface area contributed by atoms with E-state index in [1.807, 2.05) is 41.8 Å². The Kier molecular flexibility index (Phi) is 4.74. The fourth-order valence-electron chi connectivity index (χ4n) is 3.06. The molecule has 3 aromatic heterocycles. The Morgan fingerprint density at radius 1 is 1.26 bits per heavy atom. The molecule has 0 spiro atoms. The average Bonchev–Trinajstić information content (AvgIpc) is 3.32. The largest absolute Gasteiger partial charge is 0.493 e. The van der Waals surface area contributed by atoms with Crippen LogP contribution in [0.1, 0.15) is 29.5 Å². The zero-order valence-electron chi connectivity index (χ0n) is 15.0. The van der Waals surface area contributed by atoms with Gasteiger partial charge in [0.2, 0.25) is 0 Å². The SMILES string of the molecule is CCOc1cc(C(=O)NCCCc2nnc3ccccn23)cc2occc12. The first kappa shape index (κ1) is 17.1. The van der Waals surface area contributed by atoms with Crippen LogP contribution in [0.25, 0.3) is 16.6 Å². The summed E-state index contributed by atoms with van der Waals surface area (Å²) in [6, 6.07) is 11.1. The third-order valence-corrected chi connectivity index (χ3v) is 4.34. The predicted octanol–water partition coefficient (Wildman–Crippen LogP) is 3.24. The zero-order chi connectivity index (χ0) is 18.6. The van der Waals surface area contributed by atoms with Crippen molar-refractivity contribution < 1.29 is 13.9 Å². The van der Waals surface area contributed by atoms with E-state index < -0.39 is 0 Å². The van der Waals surface area contributed by atoms with E-state index in [1.165, 1.54) is 0 Å². The minimum Gasteiger partial charge on any atom is -0.493 e. The van der Waals surface area contributed by atoms with Crippen molar-refractivity contribution >= 4 is 22.5 Å². The Morgan fingerprint density at radius 3 is 3.07 bits per heavy atom. The molecular weight excluding hydrogens is 344 g/mol. The lowest BCUT2D eigenvalue weighted by molar-refractivity contribution is 0.0952. The number of furan rings is 1. The molecule has 0 atom stereocenters. The number of pyridine rings is 1. The molecule has 1 amide bonds. The minimum atomic E-state index is -0.152. The average molecular weight is 364 g/mol. The lowest BCUT2D eigenvalue weighted by Gasteiger charge is -2.08. The van der Waals surface area contributed by atoms with Gasteiger partial charge in [-0.2, -0.15) is 0 Å². The summed E-state index contributed by atoms with van der Waals surface area (Å²) in [5.41, 5.74) is 1.99. The fraction of sp³-hybridized carbons (Fsp3) is 0.250. The number of aromatic nitrogens is 3. The summed E-state index contributed by atoms with van der Waals surface area (Å²) in [5, 5.41) is 12.1. The van der Waals surface area contributed by atoms with Crippen LogP contribution < -0.4 is 10.1 Å². The Morgan fingerprint density at radius 2 is 2.19 bits per heavy atom. The van der Waals surface area contributed by atoms with E-state index in [9.17, 15) is 4.79 Å². The first-order valence-corrected chi connectivity index (χ1v) is 8.97. The first-order valence-electron chi connectivity index (χ1n) is 8.97. The van der Waals surface area contributed by atoms with E-state index in [0.29, 0.717) is 30.0 Å². The van der Waals surface area contributed by atoms with Gasteiger partial charge in [-0.05, 0) is 43.7 Å². The molecule has 138 valence electrons. The number of fused-ring (bicyclic) bond motifs is 2. The van der Waals surface area contributed by atoms with Gasteiger partial charge in [-0.25, -0.2) is 0 Å². The number of nitrogens with one attached hydrogen (secondary N) is 1. The second-order valence-electron chi connectivity index (χ2n) is 6.14. The van der Waals surface area contributed by atoms with Crippen molar-refractivity contribution in [3.63, 3.8) is 0 Å². The highest BCUT2D eigenvalue weighted by molar-refractivity contribution is 5.99. The van der Waals surface area contributed by atoms with Gasteiger partial charge in [0.25, 0.3) is 5.91 Å². The van der Waals surface area contributed by atoms with Crippen LogP contribution in [-0.2, 0) is 6.42 Å². The maximum Gasteiger partial charge on any atom is 0.251 e. The summed E-state index contributed by atoms with van der Waals surface area (Å²) in [4.78, 5) is 12.5. The second kappa shape index (κ2) is 7.49. The van der Waals surface area contributed by atoms with Gasteiger partial charge in [0.15, 0.2) is 5.65 Å². The molecule has 0 fully saturated rings. The topological polar surface area (TPSA) is 81.7 Å². The van der Waals surface area contributed by atoms with Crippen molar-refractivity contribution in [2.45, 2.75) is 19.8 Å². The number of ether oxygens (including phenoxy) is 1. The molecule has 0 saturated heterocycles. The molecule has 4 aromatic rings. The molecule has 3 heterocycles. The summed E-state index contributed by atoms with van der Waals surface area (Å²) in [6.45, 7) is 2.98. The van der Waals surface area contributed by atoms with Crippen molar-refractivity contribution in [2.75, 3.05) is 13.2 Å². The van der Waals surface area contributed by atoms with E-state index >= 15 is 0 Å². The van der Waals surface area contributed by atoms with Crippen LogP contribution >= 0.6 is 0 Å². The number of aryl methyl sites for hydroxylation is 1. The molecule has 0 radical (unpaired) electrons. The molecule has 0 aliphatic heterocycles. The molecule has 4 rings (SSSR count). The van der Waals surface area contributed by atoms with Gasteiger partial charge in [0.05, 0.1) is 18.3 Å². The lowest BCUT2D eigenvalue weighted by Crippen LogP contribution is -2.25. The number of hydrogen-bond donors (Lipinski definition) is 1. The quantitative estimate of drug-likeness (QED) is 0.509. The van der Waals surface area contributed by atoms with Crippen LogP contribution in [0.5, 0.6) is 5.75 Å². The molecule has 1 N–H and O–H groups in total. The molecule has 7 heteroatoms. The maximum absolute atomic E-state index is 12.5. The Hall–Kier alpha value is -3.35. The Labute approximate surface area is 156 Å². The van der Waals surface area contributed by atoms with Crippen molar-refractivity contribution in [1.29, 1.82) is 0 Å². The van der Waals surface area contributed by atoms with Crippen LogP contribution in [-0.4, -0.2) is 33.7 Å². The van der Waals surface area contributed by atoms with E-state index in [0.717, 1.165) is 29.7 Å². The normalized spacial score (nSPS) is 11.1. The standard InChI is InChI=1S/C20H20N4O3/c1-2-26-16-12-14(13-17-15(16)8-11-27-17)20(25)21-9-5-7-19-23-22-18-6-3-4-10-24(18)19/h3-4,6,8,10-13H,2,5,7,9H2,1H3,(H,21,25). The van der Waals surface area contributed by atoms with Gasteiger partial charge >= 0.3 is 0 Å². The molecule has 0 unspecified atom stereocenters. The number of rotatable bonds is 7. The maximum atomic E-state index is 12.5. The monoisotopic (exact) mass is 364 g/mol. The predicted molar refractivity (Wildman–Crippen MR) is 101 cm³/mol. The van der Waals surface area contributed by atoms with Crippen LogP contribution in [0.3, 0.4) is 0 Å². The van der Waals surface area contributed by atoms with Crippen molar-refractivity contribution in [2.24, 2.45) is 0 Å². The fourth-order valence-corrected chi connectivity index (χ4v) is 3.06. The number of benzene rings is 1. The van der Waals surface area contributed by atoms with Crippen LogP contribution in [0, 0.1) is 0 Å². The van der Waals surface area contributed by atoms with E-state index in [1.54, 1.807) is 18.4 Å². The number of amides is 1. The van der Waals surface area contributed by atoms with Gasteiger partial charge in [0.1, 0.15) is 17.2 Å². The van der Waals surface area contributed by atoms with E-state index in [-0.39, 0.29) is 5.91 Å². The smallest absolute Gasteiger partial charge is 0.251 e. The summed E-state index contributed by atoms with van der Waals surface area (Å²) < 4.78 is 13.0. The number of hydrogen-bond acceptors (Lipinski definition) is 5. The van der Waals surface area contributed by atoms with Crippen LogP contribution in [0.15, 0.2) is 53.3 Å². The van der Waals surface area contributed by atoms with Gasteiger partial charge in [-0.3, -0.25) is 9.20 Å². The van der Waals surface area contributed by atoms with E-state index in [2.05, 4.69) is 15.5 Å². The Balaban J connectivity index is 1.38. The van der Waals surface area contributed by atoms with Crippen molar-refractivity contribution in [1.82, 2.24) is 19.9 Å². The number of carbonyl (C=O) groups excluding carboxylic acids is 1. The minimum absolute atomic E-state index is 0.152. The second-order valence-corrected chi connectivity index (χ2v) is 6.14. The molecule has 27 heavy (non-hydrogen) atoms. The highest BCUT2D eigenvalue weighted by atomic mass is 16.5. The highest BCUT2D eigenvalue weighted by Gasteiger charge is 2.13.